The van der Waals surface area contributed by atoms with Gasteiger partial charge in [-0.05, 0) is 43.3 Å². The molecule has 7 nitrogen and oxygen atoms in total. The van der Waals surface area contributed by atoms with Crippen molar-refractivity contribution in [2.45, 2.75) is 17.8 Å². The van der Waals surface area contributed by atoms with Crippen molar-refractivity contribution in [2.24, 2.45) is 0 Å². The largest absolute Gasteiger partial charge is 0.497 e. The van der Waals surface area contributed by atoms with E-state index in [0.717, 1.165) is 28.3 Å². The van der Waals surface area contributed by atoms with Crippen LogP contribution < -0.4 is 15.0 Å². The van der Waals surface area contributed by atoms with E-state index in [1.807, 2.05) is 55.5 Å². The second-order valence-electron chi connectivity index (χ2n) is 6.71. The summed E-state index contributed by atoms with van der Waals surface area (Å²) in [6.07, 6.45) is 0. The molecule has 0 amide bonds. The summed E-state index contributed by atoms with van der Waals surface area (Å²) in [7, 11) is 3.23. The molecular weight excluding hydrogens is 414 g/mol. The fourth-order valence-electron chi connectivity index (χ4n) is 2.99. The van der Waals surface area contributed by atoms with Crippen molar-refractivity contribution < 1.29 is 13.9 Å². The van der Waals surface area contributed by atoms with Gasteiger partial charge in [-0.1, -0.05) is 23.9 Å². The van der Waals surface area contributed by atoms with Gasteiger partial charge in [0.05, 0.1) is 25.6 Å². The Morgan fingerprint density at radius 2 is 1.74 bits per heavy atom. The van der Waals surface area contributed by atoms with Gasteiger partial charge in [-0.15, -0.1) is 0 Å². The number of nitrogens with one attached hydrogen (secondary N) is 1. The first-order valence-electron chi connectivity index (χ1n) is 9.55. The van der Waals surface area contributed by atoms with Crippen LogP contribution in [0.15, 0.2) is 69.0 Å². The zero-order chi connectivity index (χ0) is 21.8. The topological polar surface area (TPSA) is 90.2 Å². The minimum atomic E-state index is -0.217. The van der Waals surface area contributed by atoms with Crippen LogP contribution in [-0.2, 0) is 5.75 Å². The molecule has 0 saturated heterocycles. The van der Waals surface area contributed by atoms with E-state index in [1.165, 1.54) is 17.8 Å². The van der Waals surface area contributed by atoms with Crippen molar-refractivity contribution in [3.63, 3.8) is 0 Å². The quantitative estimate of drug-likeness (QED) is 0.332. The molecule has 0 aliphatic carbocycles. The number of rotatable bonds is 7. The average Bonchev–Trinajstić information content (AvgIpc) is 3.18. The van der Waals surface area contributed by atoms with E-state index in [-0.39, 0.29) is 5.56 Å². The van der Waals surface area contributed by atoms with Crippen LogP contribution in [0.4, 0.5) is 0 Å². The molecule has 8 heteroatoms. The van der Waals surface area contributed by atoms with Crippen LogP contribution in [0.3, 0.4) is 0 Å². The molecule has 0 fully saturated rings. The summed E-state index contributed by atoms with van der Waals surface area (Å²) in [6, 6.07) is 16.4. The highest BCUT2D eigenvalue weighted by atomic mass is 32.2. The summed E-state index contributed by atoms with van der Waals surface area (Å²) in [6.45, 7) is 1.87. The number of aryl methyl sites for hydroxylation is 1. The number of ether oxygens (including phenoxy) is 2. The Labute approximate surface area is 183 Å². The van der Waals surface area contributed by atoms with Crippen molar-refractivity contribution in [1.82, 2.24) is 15.0 Å². The third-order valence-electron chi connectivity index (χ3n) is 4.66. The van der Waals surface area contributed by atoms with Gasteiger partial charge in [0.15, 0.2) is 5.16 Å². The van der Waals surface area contributed by atoms with Gasteiger partial charge in [0, 0.05) is 22.9 Å². The monoisotopic (exact) mass is 435 g/mol. The second-order valence-corrected chi connectivity index (χ2v) is 7.67. The van der Waals surface area contributed by atoms with Gasteiger partial charge in [0.25, 0.3) is 5.56 Å². The maximum absolute atomic E-state index is 12.2. The van der Waals surface area contributed by atoms with E-state index in [1.54, 1.807) is 14.2 Å². The molecule has 0 aliphatic heterocycles. The van der Waals surface area contributed by atoms with E-state index < -0.39 is 0 Å². The Morgan fingerprint density at radius 3 is 2.48 bits per heavy atom. The first-order chi connectivity index (χ1) is 15.1. The van der Waals surface area contributed by atoms with Gasteiger partial charge in [-0.3, -0.25) is 4.79 Å². The summed E-state index contributed by atoms with van der Waals surface area (Å²) in [4.78, 5) is 24.2. The van der Waals surface area contributed by atoms with Crippen LogP contribution in [0, 0.1) is 6.92 Å². The zero-order valence-electron chi connectivity index (χ0n) is 17.3. The predicted octanol–water partition coefficient (Wildman–Crippen LogP) is 4.71. The molecule has 2 aromatic carbocycles. The van der Waals surface area contributed by atoms with E-state index >= 15 is 0 Å². The van der Waals surface area contributed by atoms with Gasteiger partial charge < -0.3 is 18.9 Å². The Kier molecular flexibility index (Phi) is 6.08. The van der Waals surface area contributed by atoms with Crippen molar-refractivity contribution in [3.05, 3.63) is 76.4 Å². The van der Waals surface area contributed by atoms with E-state index in [0.29, 0.717) is 28.2 Å². The number of thioether (sulfide) groups is 1. The number of oxazole rings is 1. The minimum Gasteiger partial charge on any atom is -0.497 e. The number of aromatic amines is 1. The molecule has 0 unspecified atom stereocenters. The number of hydrogen-bond donors (Lipinski definition) is 1. The highest BCUT2D eigenvalue weighted by Crippen LogP contribution is 2.28. The number of benzene rings is 2. The SMILES string of the molecule is COc1ccc(-c2nc(CSc3nc(-c4cccc(OC)c4)cc(=O)[nH]3)c(C)o2)cc1. The highest BCUT2D eigenvalue weighted by molar-refractivity contribution is 7.98. The molecule has 31 heavy (non-hydrogen) atoms. The van der Waals surface area contributed by atoms with Gasteiger partial charge in [0.1, 0.15) is 17.3 Å². The molecular formula is C23H21N3O4S. The van der Waals surface area contributed by atoms with Crippen molar-refractivity contribution in [3.8, 4) is 34.2 Å². The summed E-state index contributed by atoms with van der Waals surface area (Å²) in [5.41, 5.74) is 2.84. The normalized spacial score (nSPS) is 10.8. The molecule has 158 valence electrons. The zero-order valence-corrected chi connectivity index (χ0v) is 18.2. The number of aromatic nitrogens is 3. The Morgan fingerprint density at radius 1 is 0.968 bits per heavy atom. The summed E-state index contributed by atoms with van der Waals surface area (Å²) in [5, 5.41) is 0.513. The van der Waals surface area contributed by atoms with Gasteiger partial charge >= 0.3 is 0 Å². The molecule has 0 bridgehead atoms. The van der Waals surface area contributed by atoms with Gasteiger partial charge in [0.2, 0.25) is 5.89 Å². The lowest BCUT2D eigenvalue weighted by molar-refractivity contribution is 0.414. The standard InChI is InChI=1S/C23H21N3O4S/c1-14-20(24-22(30-14)15-7-9-17(28-2)10-8-15)13-31-23-25-19(12-21(27)26-23)16-5-4-6-18(11-16)29-3/h4-12H,13H2,1-3H3,(H,25,26,27). The van der Waals surface area contributed by atoms with Gasteiger partial charge in [-0.2, -0.15) is 0 Å². The summed E-state index contributed by atoms with van der Waals surface area (Å²) < 4.78 is 16.3. The fourth-order valence-corrected chi connectivity index (χ4v) is 3.87. The molecule has 4 rings (SSSR count). The highest BCUT2D eigenvalue weighted by Gasteiger charge is 2.13. The number of hydrogen-bond acceptors (Lipinski definition) is 7. The predicted molar refractivity (Wildman–Crippen MR) is 120 cm³/mol. The Bertz CT molecular complexity index is 1250. The second kappa shape index (κ2) is 9.09. The molecule has 0 aliphatic rings. The Hall–Kier alpha value is -3.52. The Balaban J connectivity index is 1.53. The van der Waals surface area contributed by atoms with Crippen molar-refractivity contribution in [2.75, 3.05) is 14.2 Å². The van der Waals surface area contributed by atoms with Crippen molar-refractivity contribution >= 4 is 11.8 Å². The van der Waals surface area contributed by atoms with E-state index in [4.69, 9.17) is 13.9 Å². The smallest absolute Gasteiger partial charge is 0.252 e. The lowest BCUT2D eigenvalue weighted by Gasteiger charge is -2.06. The molecule has 2 heterocycles. The van der Waals surface area contributed by atoms with Crippen LogP contribution in [0.1, 0.15) is 11.5 Å². The van der Waals surface area contributed by atoms with E-state index in [9.17, 15) is 4.79 Å². The van der Waals surface area contributed by atoms with Crippen LogP contribution in [0.2, 0.25) is 0 Å². The molecule has 1 N–H and O–H groups in total. The number of methoxy groups -OCH3 is 2. The lowest BCUT2D eigenvalue weighted by Crippen LogP contribution is -2.08. The molecule has 0 radical (unpaired) electrons. The number of nitrogens with zero attached hydrogens (tertiary/aromatic N) is 2. The fraction of sp³-hybridized carbons (Fsp3) is 0.174. The number of H-pyrrole nitrogens is 1. The lowest BCUT2D eigenvalue weighted by atomic mass is 10.1. The van der Waals surface area contributed by atoms with Crippen LogP contribution >= 0.6 is 11.8 Å². The molecule has 0 atom stereocenters. The average molecular weight is 436 g/mol. The van der Waals surface area contributed by atoms with Gasteiger partial charge in [-0.25, -0.2) is 9.97 Å². The first kappa shape index (κ1) is 20.7. The van der Waals surface area contributed by atoms with Crippen LogP contribution in [0.25, 0.3) is 22.7 Å². The third kappa shape index (κ3) is 4.80. The maximum atomic E-state index is 12.2. The molecule has 2 aromatic heterocycles. The van der Waals surface area contributed by atoms with Crippen LogP contribution in [0.5, 0.6) is 11.5 Å². The van der Waals surface area contributed by atoms with Crippen LogP contribution in [-0.4, -0.2) is 29.2 Å². The van der Waals surface area contributed by atoms with Crippen molar-refractivity contribution in [1.29, 1.82) is 0 Å². The molecule has 0 saturated carbocycles. The van der Waals surface area contributed by atoms with E-state index in [2.05, 4.69) is 15.0 Å². The summed E-state index contributed by atoms with van der Waals surface area (Å²) >= 11 is 1.39. The minimum absolute atomic E-state index is 0.217. The maximum Gasteiger partial charge on any atom is 0.252 e. The first-order valence-corrected chi connectivity index (χ1v) is 10.5. The third-order valence-corrected chi connectivity index (χ3v) is 5.55. The summed E-state index contributed by atoms with van der Waals surface area (Å²) in [5.74, 6) is 3.26. The molecule has 4 aromatic rings. The molecule has 0 spiro atoms.